The fourth-order valence-corrected chi connectivity index (χ4v) is 4.10. The van der Waals surface area contributed by atoms with E-state index in [-0.39, 0.29) is 10.8 Å². The van der Waals surface area contributed by atoms with Crippen molar-refractivity contribution in [3.8, 4) is 22.8 Å². The topological polar surface area (TPSA) is 67.2 Å². The van der Waals surface area contributed by atoms with Gasteiger partial charge >= 0.3 is 6.18 Å². The maximum Gasteiger partial charge on any atom is 0.438 e. The van der Waals surface area contributed by atoms with Gasteiger partial charge in [-0.15, -0.1) is 11.3 Å². The molecule has 0 fully saturated rings. The highest BCUT2D eigenvalue weighted by Crippen LogP contribution is 2.45. The van der Waals surface area contributed by atoms with Gasteiger partial charge in [-0.2, -0.15) is 23.3 Å². The van der Waals surface area contributed by atoms with Crippen molar-refractivity contribution >= 4 is 22.2 Å². The van der Waals surface area contributed by atoms with Gasteiger partial charge in [0.1, 0.15) is 0 Å². The average Bonchev–Trinajstić information content (AvgIpc) is 3.39. The third-order valence-electron chi connectivity index (χ3n) is 4.90. The van der Waals surface area contributed by atoms with Crippen LogP contribution in [0.4, 0.5) is 18.3 Å². The zero-order chi connectivity index (χ0) is 22.2. The number of alkyl halides is 3. The molecule has 2 aromatic carbocycles. The molecule has 162 valence electrons. The highest BCUT2D eigenvalue weighted by Gasteiger charge is 2.62. The molecule has 1 atom stereocenters. The lowest BCUT2D eigenvalue weighted by molar-refractivity contribution is -0.254. The van der Waals surface area contributed by atoms with E-state index in [9.17, 15) is 18.3 Å². The van der Waals surface area contributed by atoms with E-state index in [2.05, 4.69) is 10.1 Å². The normalized spacial score (nSPS) is 18.8. The molecule has 0 saturated carbocycles. The zero-order valence-corrected chi connectivity index (χ0v) is 17.4. The Morgan fingerprint density at radius 3 is 2.39 bits per heavy atom. The van der Waals surface area contributed by atoms with Gasteiger partial charge < -0.3 is 14.6 Å². The lowest BCUT2D eigenvalue weighted by Crippen LogP contribution is -2.55. The Kier molecular flexibility index (Phi) is 5.36. The van der Waals surface area contributed by atoms with Gasteiger partial charge in [0.25, 0.3) is 5.72 Å². The number of ether oxygens (including phenoxy) is 2. The van der Waals surface area contributed by atoms with E-state index in [1.165, 1.54) is 20.3 Å². The molecule has 0 spiro atoms. The molecule has 0 bridgehead atoms. The molecule has 0 saturated heterocycles. The minimum Gasteiger partial charge on any atom is -0.493 e. The molecule has 0 amide bonds. The van der Waals surface area contributed by atoms with E-state index < -0.39 is 18.3 Å². The molecule has 1 N–H and O–H groups in total. The molecule has 31 heavy (non-hydrogen) atoms. The standard InChI is InChI=1S/C21H18F3N3O3S/c1-29-17-9-8-14(10-18(17)30-2)15-11-20(28,21(22,23)24)27(26-15)19-25-16(12-31-19)13-6-4-3-5-7-13/h3-10,12,28H,11H2,1-2H3/t20-/m0/s1. The first kappa shape index (κ1) is 21.1. The summed E-state index contributed by atoms with van der Waals surface area (Å²) >= 11 is 0.974. The minimum atomic E-state index is -4.96. The summed E-state index contributed by atoms with van der Waals surface area (Å²) in [5.74, 6) is 0.775. The third kappa shape index (κ3) is 3.72. The van der Waals surface area contributed by atoms with E-state index in [0.29, 0.717) is 27.8 Å². The van der Waals surface area contributed by atoms with Crippen molar-refractivity contribution in [1.82, 2.24) is 4.98 Å². The van der Waals surface area contributed by atoms with Crippen molar-refractivity contribution < 1.29 is 27.8 Å². The fraction of sp³-hybridized carbons (Fsp3) is 0.238. The Hall–Kier alpha value is -3.11. The first-order valence-electron chi connectivity index (χ1n) is 9.17. The zero-order valence-electron chi connectivity index (χ0n) is 16.6. The lowest BCUT2D eigenvalue weighted by Gasteiger charge is -2.32. The molecular formula is C21H18F3N3O3S. The van der Waals surface area contributed by atoms with E-state index in [0.717, 1.165) is 16.9 Å². The van der Waals surface area contributed by atoms with Crippen LogP contribution in [0.15, 0.2) is 59.0 Å². The van der Waals surface area contributed by atoms with Crippen molar-refractivity contribution in [3.63, 3.8) is 0 Å². The van der Waals surface area contributed by atoms with Crippen LogP contribution in [0.3, 0.4) is 0 Å². The van der Waals surface area contributed by atoms with E-state index in [1.807, 2.05) is 18.2 Å². The highest BCUT2D eigenvalue weighted by molar-refractivity contribution is 7.14. The molecule has 6 nitrogen and oxygen atoms in total. The van der Waals surface area contributed by atoms with Crippen LogP contribution in [0, 0.1) is 0 Å². The number of nitrogens with zero attached hydrogens (tertiary/aromatic N) is 3. The third-order valence-corrected chi connectivity index (χ3v) is 5.71. The van der Waals surface area contributed by atoms with Gasteiger partial charge in [0, 0.05) is 16.5 Å². The number of methoxy groups -OCH3 is 2. The van der Waals surface area contributed by atoms with Crippen LogP contribution in [0.1, 0.15) is 12.0 Å². The number of aromatic nitrogens is 1. The molecule has 2 heterocycles. The van der Waals surface area contributed by atoms with Gasteiger partial charge in [-0.3, -0.25) is 0 Å². The Balaban J connectivity index is 1.76. The summed E-state index contributed by atoms with van der Waals surface area (Å²) in [5, 5.41) is 16.9. The number of anilines is 1. The largest absolute Gasteiger partial charge is 0.493 e. The van der Waals surface area contributed by atoms with Crippen molar-refractivity contribution in [2.75, 3.05) is 19.2 Å². The number of hydrogen-bond acceptors (Lipinski definition) is 7. The average molecular weight is 449 g/mol. The van der Waals surface area contributed by atoms with Gasteiger partial charge in [0.2, 0.25) is 5.13 Å². The summed E-state index contributed by atoms with van der Waals surface area (Å²) in [4.78, 5) is 4.29. The van der Waals surface area contributed by atoms with Crippen molar-refractivity contribution in [3.05, 3.63) is 59.5 Å². The maximum absolute atomic E-state index is 13.9. The van der Waals surface area contributed by atoms with Crippen LogP contribution in [0.5, 0.6) is 11.5 Å². The molecule has 10 heteroatoms. The number of benzene rings is 2. The van der Waals surface area contributed by atoms with Gasteiger partial charge in [-0.05, 0) is 18.2 Å². The summed E-state index contributed by atoms with van der Waals surface area (Å²) in [6, 6.07) is 13.7. The van der Waals surface area contributed by atoms with Crippen LogP contribution >= 0.6 is 11.3 Å². The molecule has 1 aliphatic rings. The van der Waals surface area contributed by atoms with Crippen LogP contribution in [-0.4, -0.2) is 41.9 Å². The molecule has 4 rings (SSSR count). The first-order chi connectivity index (χ1) is 14.8. The predicted molar refractivity (Wildman–Crippen MR) is 112 cm³/mol. The Labute approximate surface area is 180 Å². The number of rotatable bonds is 5. The molecule has 1 aromatic heterocycles. The molecule has 1 aliphatic heterocycles. The molecule has 3 aromatic rings. The van der Waals surface area contributed by atoms with Crippen LogP contribution < -0.4 is 14.5 Å². The maximum atomic E-state index is 13.9. The van der Waals surface area contributed by atoms with Crippen LogP contribution in [-0.2, 0) is 0 Å². The van der Waals surface area contributed by atoms with Gasteiger partial charge in [-0.1, -0.05) is 30.3 Å². The lowest BCUT2D eigenvalue weighted by atomic mass is 10.0. The summed E-state index contributed by atoms with van der Waals surface area (Å²) in [5.41, 5.74) is -1.54. The minimum absolute atomic E-state index is 0.0530. The van der Waals surface area contributed by atoms with Gasteiger partial charge in [0.15, 0.2) is 11.5 Å². The van der Waals surface area contributed by atoms with E-state index in [1.54, 1.807) is 29.6 Å². The highest BCUT2D eigenvalue weighted by atomic mass is 32.1. The summed E-state index contributed by atoms with van der Waals surface area (Å²) in [6.45, 7) is 0. The molecule has 0 radical (unpaired) electrons. The quantitative estimate of drug-likeness (QED) is 0.612. The second-order valence-corrected chi connectivity index (χ2v) is 7.64. The van der Waals surface area contributed by atoms with E-state index >= 15 is 0 Å². The SMILES string of the molecule is COc1ccc(C2=NN(c3nc(-c4ccccc4)cs3)[C@@](O)(C(F)(F)F)C2)cc1OC. The number of thiazole rings is 1. The first-order valence-corrected chi connectivity index (χ1v) is 10.0. The Morgan fingerprint density at radius 2 is 1.74 bits per heavy atom. The predicted octanol–water partition coefficient (Wildman–Crippen LogP) is 4.69. The number of aliphatic hydroxyl groups is 1. The second-order valence-electron chi connectivity index (χ2n) is 6.80. The van der Waals surface area contributed by atoms with Crippen molar-refractivity contribution in [1.29, 1.82) is 0 Å². The smallest absolute Gasteiger partial charge is 0.438 e. The van der Waals surface area contributed by atoms with Gasteiger partial charge in [0.05, 0.1) is 32.0 Å². The Bertz CT molecular complexity index is 1120. The number of hydrogen-bond donors (Lipinski definition) is 1. The monoisotopic (exact) mass is 449 g/mol. The van der Waals surface area contributed by atoms with E-state index in [4.69, 9.17) is 9.47 Å². The number of halogens is 3. The van der Waals surface area contributed by atoms with Crippen LogP contribution in [0.25, 0.3) is 11.3 Å². The van der Waals surface area contributed by atoms with Gasteiger partial charge in [-0.25, -0.2) is 4.98 Å². The molecular weight excluding hydrogens is 431 g/mol. The second kappa shape index (κ2) is 7.86. The molecule has 0 aliphatic carbocycles. The van der Waals surface area contributed by atoms with Crippen LogP contribution in [0.2, 0.25) is 0 Å². The fourth-order valence-electron chi connectivity index (χ4n) is 3.25. The Morgan fingerprint density at radius 1 is 1.03 bits per heavy atom. The number of hydrazone groups is 1. The summed E-state index contributed by atoms with van der Waals surface area (Å²) in [6.07, 6.45) is -5.72. The van der Waals surface area contributed by atoms with Crippen molar-refractivity contribution in [2.45, 2.75) is 18.3 Å². The summed E-state index contributed by atoms with van der Waals surface area (Å²) in [7, 11) is 2.89. The molecule has 0 unspecified atom stereocenters. The van der Waals surface area contributed by atoms with Crippen molar-refractivity contribution in [2.24, 2.45) is 5.10 Å². The summed E-state index contributed by atoms with van der Waals surface area (Å²) < 4.78 is 52.2.